The molecule has 0 saturated carbocycles. The smallest absolute Gasteiger partial charge is 0.193 e. The average molecular weight is 487 g/mol. The van der Waals surface area contributed by atoms with Gasteiger partial charge in [0, 0.05) is 53.0 Å². The number of ether oxygens (including phenoxy) is 1. The van der Waals surface area contributed by atoms with Crippen molar-refractivity contribution in [2.45, 2.75) is 18.4 Å². The molecule has 1 aromatic heterocycles. The Hall–Kier alpha value is -1.68. The number of hydrogen-bond acceptors (Lipinski definition) is 3. The lowest BCUT2D eigenvalue weighted by Gasteiger charge is -2.24. The molecule has 1 N–H and O–H groups in total. The lowest BCUT2D eigenvalue weighted by Crippen LogP contribution is -2.41. The summed E-state index contributed by atoms with van der Waals surface area (Å²) in [5, 5.41) is 7.66. The van der Waals surface area contributed by atoms with Gasteiger partial charge in [0.2, 0.25) is 0 Å². The molecule has 1 saturated heterocycles. The molecule has 1 aliphatic heterocycles. The van der Waals surface area contributed by atoms with Crippen LogP contribution in [0.4, 0.5) is 4.39 Å². The summed E-state index contributed by atoms with van der Waals surface area (Å²) in [6.45, 7) is 2.44. The Balaban J connectivity index is 0.00000261. The van der Waals surface area contributed by atoms with Crippen LogP contribution in [0, 0.1) is 5.82 Å². The van der Waals surface area contributed by atoms with E-state index in [1.807, 2.05) is 17.9 Å². The fourth-order valence-corrected chi connectivity index (χ4v) is 3.41. The predicted molar refractivity (Wildman–Crippen MR) is 115 cm³/mol. The van der Waals surface area contributed by atoms with Crippen LogP contribution in [0.1, 0.15) is 29.6 Å². The summed E-state index contributed by atoms with van der Waals surface area (Å²) in [5.41, 5.74) is 2.21. The van der Waals surface area contributed by atoms with Crippen LogP contribution < -0.4 is 5.32 Å². The summed E-state index contributed by atoms with van der Waals surface area (Å²) in [7, 11) is 5.39. The minimum atomic E-state index is -0.245. The quantitative estimate of drug-likeness (QED) is 0.401. The van der Waals surface area contributed by atoms with Gasteiger partial charge < -0.3 is 15.0 Å². The highest BCUT2D eigenvalue weighted by Crippen LogP contribution is 2.26. The Bertz CT molecular complexity index is 749. The predicted octanol–water partition coefficient (Wildman–Crippen LogP) is 2.93. The van der Waals surface area contributed by atoms with Gasteiger partial charge in [-0.25, -0.2) is 4.39 Å². The summed E-state index contributed by atoms with van der Waals surface area (Å²) in [6, 6.07) is 6.41. The highest BCUT2D eigenvalue weighted by molar-refractivity contribution is 14.0. The van der Waals surface area contributed by atoms with Crippen molar-refractivity contribution in [3.63, 3.8) is 0 Å². The molecule has 0 radical (unpaired) electrons. The lowest BCUT2D eigenvalue weighted by atomic mass is 10.0. The molecule has 6 nitrogen and oxygen atoms in total. The molecule has 27 heavy (non-hydrogen) atoms. The second-order valence-corrected chi connectivity index (χ2v) is 6.58. The van der Waals surface area contributed by atoms with Crippen molar-refractivity contribution in [3.8, 4) is 0 Å². The minimum Gasteiger partial charge on any atom is -0.375 e. The molecule has 3 rings (SSSR count). The van der Waals surface area contributed by atoms with Crippen LogP contribution in [0.3, 0.4) is 0 Å². The van der Waals surface area contributed by atoms with Crippen molar-refractivity contribution < 1.29 is 9.13 Å². The third-order valence-corrected chi connectivity index (χ3v) is 4.87. The van der Waals surface area contributed by atoms with Crippen LogP contribution in [0.5, 0.6) is 0 Å². The molecule has 1 fully saturated rings. The van der Waals surface area contributed by atoms with E-state index in [-0.39, 0.29) is 35.9 Å². The number of nitrogens with one attached hydrogen (secondary N) is 1. The lowest BCUT2D eigenvalue weighted by molar-refractivity contribution is 0.106. The second kappa shape index (κ2) is 10.0. The Kier molecular flexibility index (Phi) is 8.03. The molecular formula is C19H27FIN5O. The van der Waals surface area contributed by atoms with Crippen LogP contribution in [0.25, 0.3) is 0 Å². The van der Waals surface area contributed by atoms with Crippen molar-refractivity contribution in [1.29, 1.82) is 0 Å². The molecule has 0 bridgehead atoms. The number of nitrogens with zero attached hydrogens (tertiary/aromatic N) is 4. The highest BCUT2D eigenvalue weighted by Gasteiger charge is 2.27. The van der Waals surface area contributed by atoms with Crippen LogP contribution in [-0.4, -0.2) is 54.4 Å². The van der Waals surface area contributed by atoms with Gasteiger partial charge in [-0.05, 0) is 29.7 Å². The van der Waals surface area contributed by atoms with Crippen molar-refractivity contribution in [2.24, 2.45) is 12.0 Å². The number of likely N-dealkylation sites (tertiary alicyclic amines) is 1. The molecule has 2 heterocycles. The second-order valence-electron chi connectivity index (χ2n) is 6.58. The minimum absolute atomic E-state index is 0. The van der Waals surface area contributed by atoms with Crippen molar-refractivity contribution in [2.75, 3.05) is 33.8 Å². The van der Waals surface area contributed by atoms with E-state index in [1.165, 1.54) is 17.7 Å². The maximum absolute atomic E-state index is 13.1. The molecule has 2 atom stereocenters. The van der Waals surface area contributed by atoms with Gasteiger partial charge >= 0.3 is 0 Å². The number of aryl methyl sites for hydroxylation is 1. The molecule has 0 amide bonds. The standard InChI is InChI=1S/C19H26FN5O.HI/c1-21-19(22-11-18(26-3)14-4-6-17(20)7-5-14)25-9-8-15(13-25)16-10-23-24(2)12-16;/h4-7,10,12,15,18H,8-9,11,13H2,1-3H3,(H,21,22);1H. The zero-order chi connectivity index (χ0) is 18.5. The Labute approximate surface area is 176 Å². The molecule has 8 heteroatoms. The molecule has 2 unspecified atom stereocenters. The van der Waals surface area contributed by atoms with E-state index in [9.17, 15) is 4.39 Å². The molecule has 148 valence electrons. The molecule has 0 aliphatic carbocycles. The van der Waals surface area contributed by atoms with Crippen molar-refractivity contribution in [3.05, 3.63) is 53.6 Å². The highest BCUT2D eigenvalue weighted by atomic mass is 127. The molecule has 1 aromatic carbocycles. The molecule has 1 aliphatic rings. The van der Waals surface area contributed by atoms with Crippen LogP contribution in [-0.2, 0) is 11.8 Å². The van der Waals surface area contributed by atoms with E-state index < -0.39 is 0 Å². The van der Waals surface area contributed by atoms with Gasteiger partial charge in [0.05, 0.1) is 12.3 Å². The zero-order valence-corrected chi connectivity index (χ0v) is 18.3. The number of guanidine groups is 1. The first-order valence-electron chi connectivity index (χ1n) is 8.83. The summed E-state index contributed by atoms with van der Waals surface area (Å²) in [6.07, 6.45) is 4.95. The molecule has 2 aromatic rings. The van der Waals surface area contributed by atoms with Gasteiger partial charge in [0.15, 0.2) is 5.96 Å². The third kappa shape index (κ3) is 5.41. The number of halogens is 2. The van der Waals surface area contributed by atoms with Crippen LogP contribution in [0.2, 0.25) is 0 Å². The number of aromatic nitrogens is 2. The normalized spacial score (nSPS) is 18.3. The van der Waals surface area contributed by atoms with E-state index in [0.29, 0.717) is 12.5 Å². The maximum atomic E-state index is 13.1. The van der Waals surface area contributed by atoms with Gasteiger partial charge in [-0.15, -0.1) is 24.0 Å². The van der Waals surface area contributed by atoms with E-state index in [4.69, 9.17) is 4.74 Å². The summed E-state index contributed by atoms with van der Waals surface area (Å²) < 4.78 is 20.5. The number of hydrogen-bond donors (Lipinski definition) is 1. The summed E-state index contributed by atoms with van der Waals surface area (Å²) >= 11 is 0. The van der Waals surface area contributed by atoms with Crippen LogP contribution in [0.15, 0.2) is 41.7 Å². The van der Waals surface area contributed by atoms with E-state index in [2.05, 4.69) is 26.5 Å². The Morgan fingerprint density at radius 3 is 2.74 bits per heavy atom. The first-order chi connectivity index (χ1) is 12.6. The number of benzene rings is 1. The summed E-state index contributed by atoms with van der Waals surface area (Å²) in [4.78, 5) is 6.67. The average Bonchev–Trinajstić information content (AvgIpc) is 3.29. The maximum Gasteiger partial charge on any atom is 0.193 e. The monoisotopic (exact) mass is 487 g/mol. The summed E-state index contributed by atoms with van der Waals surface area (Å²) in [5.74, 6) is 1.09. The number of rotatable bonds is 5. The first-order valence-corrected chi connectivity index (χ1v) is 8.83. The van der Waals surface area contributed by atoms with Crippen LogP contribution >= 0.6 is 24.0 Å². The molecular weight excluding hydrogens is 460 g/mol. The molecule has 0 spiro atoms. The number of methoxy groups -OCH3 is 1. The Morgan fingerprint density at radius 1 is 1.41 bits per heavy atom. The van der Waals surface area contributed by atoms with Gasteiger partial charge in [0.25, 0.3) is 0 Å². The fourth-order valence-electron chi connectivity index (χ4n) is 3.41. The SMILES string of the molecule is CN=C(NCC(OC)c1ccc(F)cc1)N1CCC(c2cnn(C)c2)C1.I. The van der Waals surface area contributed by atoms with Gasteiger partial charge in [-0.3, -0.25) is 9.67 Å². The first kappa shape index (κ1) is 21.6. The topological polar surface area (TPSA) is 54.7 Å². The van der Waals surface area contributed by atoms with Crippen molar-refractivity contribution in [1.82, 2.24) is 20.0 Å². The van der Waals surface area contributed by atoms with Gasteiger partial charge in [0.1, 0.15) is 5.82 Å². The fraction of sp³-hybridized carbons (Fsp3) is 0.474. The van der Waals surface area contributed by atoms with E-state index in [0.717, 1.165) is 31.0 Å². The van der Waals surface area contributed by atoms with Gasteiger partial charge in [-0.2, -0.15) is 5.10 Å². The number of aliphatic imine (C=N–C) groups is 1. The van der Waals surface area contributed by atoms with E-state index in [1.54, 1.807) is 26.3 Å². The Morgan fingerprint density at radius 2 is 2.15 bits per heavy atom. The van der Waals surface area contributed by atoms with E-state index >= 15 is 0 Å². The largest absolute Gasteiger partial charge is 0.375 e. The zero-order valence-electron chi connectivity index (χ0n) is 15.9. The van der Waals surface area contributed by atoms with Crippen molar-refractivity contribution >= 4 is 29.9 Å². The van der Waals surface area contributed by atoms with Gasteiger partial charge in [-0.1, -0.05) is 12.1 Å². The third-order valence-electron chi connectivity index (χ3n) is 4.87.